The molecule has 0 aromatic heterocycles. The van der Waals surface area contributed by atoms with E-state index >= 15 is 0 Å². The van der Waals surface area contributed by atoms with E-state index in [1.165, 1.54) is 28.5 Å². The summed E-state index contributed by atoms with van der Waals surface area (Å²) in [6.45, 7) is 3.30. The lowest BCUT2D eigenvalue weighted by Gasteiger charge is -2.33. The molecule has 3 rings (SSSR count). The molecule has 0 saturated carbocycles. The molecule has 0 radical (unpaired) electrons. The highest BCUT2D eigenvalue weighted by molar-refractivity contribution is 7.86. The van der Waals surface area contributed by atoms with Crippen LogP contribution in [-0.4, -0.2) is 50.8 Å². The highest BCUT2D eigenvalue weighted by atomic mass is 32.2. The Kier molecular flexibility index (Phi) is 5.92. The van der Waals surface area contributed by atoms with Crippen LogP contribution in [0.3, 0.4) is 0 Å². The molecule has 0 aliphatic carbocycles. The molecule has 4 nitrogen and oxygen atoms in total. The van der Waals surface area contributed by atoms with Crippen molar-refractivity contribution in [2.45, 2.75) is 18.1 Å². The molecule has 0 spiro atoms. The van der Waals surface area contributed by atoms with Crippen LogP contribution in [0.5, 0.6) is 0 Å². The van der Waals surface area contributed by atoms with Gasteiger partial charge < -0.3 is 5.11 Å². The van der Waals surface area contributed by atoms with Crippen LogP contribution in [0.2, 0.25) is 0 Å². The Hall–Kier alpha value is -2.24. The van der Waals surface area contributed by atoms with Crippen molar-refractivity contribution in [1.82, 2.24) is 4.90 Å². The summed E-state index contributed by atoms with van der Waals surface area (Å²) in [7, 11) is -1.43. The van der Waals surface area contributed by atoms with E-state index in [-0.39, 0.29) is 0 Å². The Labute approximate surface area is 163 Å². The lowest BCUT2D eigenvalue weighted by Crippen LogP contribution is -2.50. The number of benzene rings is 2. The first-order valence-electron chi connectivity index (χ1n) is 9.04. The molecule has 1 aliphatic rings. The van der Waals surface area contributed by atoms with Crippen molar-refractivity contribution < 1.29 is 14.1 Å². The Morgan fingerprint density at radius 2 is 1.67 bits per heavy atom. The van der Waals surface area contributed by atoms with Crippen molar-refractivity contribution in [2.24, 2.45) is 0 Å². The van der Waals surface area contributed by atoms with Gasteiger partial charge in [0, 0.05) is 36.7 Å². The van der Waals surface area contributed by atoms with Gasteiger partial charge in [0.05, 0.1) is 0 Å². The second-order valence-corrected chi connectivity index (χ2v) is 8.96. The largest absolute Gasteiger partial charge is 0.480 e. The maximum atomic E-state index is 11.9. The van der Waals surface area contributed by atoms with E-state index in [4.69, 9.17) is 0 Å². The van der Waals surface area contributed by atoms with E-state index in [9.17, 15) is 14.1 Å². The lowest BCUT2D eigenvalue weighted by molar-refractivity contribution is -0.140. The van der Waals surface area contributed by atoms with Gasteiger partial charge in [-0.2, -0.15) is 0 Å². The summed E-state index contributed by atoms with van der Waals surface area (Å²) in [6, 6.07) is 18.9. The monoisotopic (exact) mass is 383 g/mol. The van der Waals surface area contributed by atoms with E-state index in [1.807, 2.05) is 18.2 Å². The zero-order valence-corrected chi connectivity index (χ0v) is 16.5. The maximum Gasteiger partial charge on any atom is 0.323 e. The fraction of sp³-hybridized carbons (Fsp3) is 0.318. The van der Waals surface area contributed by atoms with Crippen LogP contribution in [0, 0.1) is 0 Å². The van der Waals surface area contributed by atoms with E-state index in [1.54, 1.807) is 6.92 Å². The van der Waals surface area contributed by atoms with Gasteiger partial charge in [-0.15, -0.1) is 0 Å². The molecule has 142 valence electrons. The Morgan fingerprint density at radius 1 is 1.07 bits per heavy atom. The van der Waals surface area contributed by atoms with Gasteiger partial charge in [0.15, 0.2) is 4.75 Å². The second kappa shape index (κ2) is 8.19. The Bertz CT molecular complexity index is 845. The maximum absolute atomic E-state index is 11.9. The molecule has 2 atom stereocenters. The van der Waals surface area contributed by atoms with Crippen LogP contribution >= 0.6 is 0 Å². The standard InChI is InChI=1S/C22H25NO3S/c1-22(21(24)25,27(2)26)16-23-14-12-20(13-15-23)19-10-8-18(9-11-19)17-6-4-3-5-7-17/h3-12H,13-16H2,1-2H3,(H,24,25). The van der Waals surface area contributed by atoms with Crippen LogP contribution in [0.15, 0.2) is 60.7 Å². The van der Waals surface area contributed by atoms with Crippen molar-refractivity contribution in [3.63, 3.8) is 0 Å². The van der Waals surface area contributed by atoms with Gasteiger partial charge in [-0.3, -0.25) is 13.9 Å². The third kappa shape index (κ3) is 4.37. The smallest absolute Gasteiger partial charge is 0.323 e. The fourth-order valence-corrected chi connectivity index (χ4v) is 3.94. The van der Waals surface area contributed by atoms with Gasteiger partial charge in [-0.25, -0.2) is 0 Å². The minimum absolute atomic E-state index is 0.294. The molecule has 2 aromatic rings. The van der Waals surface area contributed by atoms with Gasteiger partial charge in [0.2, 0.25) is 0 Å². The quantitative estimate of drug-likeness (QED) is 0.827. The molecule has 0 fully saturated rings. The molecule has 2 aromatic carbocycles. The average Bonchev–Trinajstić information content (AvgIpc) is 2.69. The molecule has 27 heavy (non-hydrogen) atoms. The topological polar surface area (TPSA) is 57.6 Å². The number of aliphatic carboxylic acids is 1. The molecule has 1 heterocycles. The summed E-state index contributed by atoms with van der Waals surface area (Å²) in [5.41, 5.74) is 4.88. The predicted molar refractivity (Wildman–Crippen MR) is 111 cm³/mol. The lowest BCUT2D eigenvalue weighted by atomic mass is 9.96. The first-order chi connectivity index (χ1) is 12.9. The van der Waals surface area contributed by atoms with Crippen LogP contribution in [0.1, 0.15) is 18.9 Å². The van der Waals surface area contributed by atoms with Crippen LogP contribution in [-0.2, 0) is 15.6 Å². The van der Waals surface area contributed by atoms with Gasteiger partial charge in [-0.05, 0) is 35.6 Å². The minimum Gasteiger partial charge on any atom is -0.480 e. The van der Waals surface area contributed by atoms with Gasteiger partial charge in [-0.1, -0.05) is 60.7 Å². The van der Waals surface area contributed by atoms with E-state index < -0.39 is 21.5 Å². The Balaban J connectivity index is 1.68. The highest BCUT2D eigenvalue weighted by Gasteiger charge is 2.39. The zero-order valence-electron chi connectivity index (χ0n) is 15.7. The molecular weight excluding hydrogens is 358 g/mol. The second-order valence-electron chi connectivity index (χ2n) is 7.15. The minimum atomic E-state index is -1.43. The highest BCUT2D eigenvalue weighted by Crippen LogP contribution is 2.27. The average molecular weight is 384 g/mol. The molecule has 5 heteroatoms. The predicted octanol–water partition coefficient (Wildman–Crippen LogP) is 3.66. The summed E-state index contributed by atoms with van der Waals surface area (Å²) >= 11 is 0. The van der Waals surface area contributed by atoms with Crippen LogP contribution < -0.4 is 0 Å². The summed E-state index contributed by atoms with van der Waals surface area (Å²) < 4.78 is 10.7. The Morgan fingerprint density at radius 3 is 2.19 bits per heavy atom. The zero-order chi connectivity index (χ0) is 19.4. The summed E-state index contributed by atoms with van der Waals surface area (Å²) in [5, 5.41) is 9.45. The van der Waals surface area contributed by atoms with Crippen molar-refractivity contribution in [1.29, 1.82) is 0 Å². The van der Waals surface area contributed by atoms with E-state index in [0.29, 0.717) is 13.1 Å². The third-order valence-electron chi connectivity index (χ3n) is 5.27. The number of nitrogens with zero attached hydrogens (tertiary/aromatic N) is 1. The van der Waals surface area contributed by atoms with Gasteiger partial charge >= 0.3 is 5.97 Å². The summed E-state index contributed by atoms with van der Waals surface area (Å²) in [4.78, 5) is 13.6. The number of carbonyl (C=O) groups is 1. The number of hydrogen-bond acceptors (Lipinski definition) is 3. The summed E-state index contributed by atoms with van der Waals surface area (Å²) in [5.74, 6) is -1.00. The molecular formula is C22H25NO3S. The SMILES string of the molecule is CS(=O)C(C)(CN1CC=C(c2ccc(-c3ccccc3)cc2)CC1)C(=O)O. The normalized spacial score (nSPS) is 18.4. The number of carboxylic acid groups (broad SMARTS) is 1. The van der Waals surface area contributed by atoms with Gasteiger partial charge in [0.1, 0.15) is 0 Å². The molecule has 2 unspecified atom stereocenters. The van der Waals surface area contributed by atoms with Crippen molar-refractivity contribution >= 4 is 22.3 Å². The molecule has 1 aliphatic heterocycles. The first-order valence-corrected chi connectivity index (χ1v) is 10.6. The number of carboxylic acids is 1. The summed E-state index contributed by atoms with van der Waals surface area (Å²) in [6.07, 6.45) is 4.48. The van der Waals surface area contributed by atoms with Crippen LogP contribution in [0.4, 0.5) is 0 Å². The number of rotatable bonds is 6. The van der Waals surface area contributed by atoms with E-state index in [2.05, 4.69) is 47.4 Å². The van der Waals surface area contributed by atoms with E-state index in [0.717, 1.165) is 13.0 Å². The molecule has 0 bridgehead atoms. The van der Waals surface area contributed by atoms with Gasteiger partial charge in [0.25, 0.3) is 0 Å². The number of hydrogen-bond donors (Lipinski definition) is 1. The fourth-order valence-electron chi connectivity index (χ4n) is 3.33. The third-order valence-corrected chi connectivity index (χ3v) is 6.84. The van der Waals surface area contributed by atoms with Crippen LogP contribution in [0.25, 0.3) is 16.7 Å². The first kappa shape index (κ1) is 19.5. The molecule has 1 N–H and O–H groups in total. The van der Waals surface area contributed by atoms with Crippen molar-refractivity contribution in [3.8, 4) is 11.1 Å². The molecule has 0 amide bonds. The van der Waals surface area contributed by atoms with Crippen molar-refractivity contribution in [2.75, 3.05) is 25.9 Å². The van der Waals surface area contributed by atoms with Crippen molar-refractivity contribution in [3.05, 3.63) is 66.2 Å². The molecule has 0 saturated heterocycles.